The summed E-state index contributed by atoms with van der Waals surface area (Å²) in [6.07, 6.45) is 4.54. The van der Waals surface area contributed by atoms with E-state index in [4.69, 9.17) is 4.74 Å². The summed E-state index contributed by atoms with van der Waals surface area (Å²) < 4.78 is 5.15. The van der Waals surface area contributed by atoms with E-state index in [1.165, 1.54) is 0 Å². The zero-order valence-corrected chi connectivity index (χ0v) is 9.33. The van der Waals surface area contributed by atoms with Gasteiger partial charge in [-0.15, -0.1) is 0 Å². The third-order valence-corrected chi connectivity index (χ3v) is 3.08. The molecule has 0 aromatic carbocycles. The monoisotopic (exact) mass is 201 g/mol. The molecule has 1 rings (SSSR count). The normalized spacial score (nSPS) is 30.2. The maximum Gasteiger partial charge on any atom is 0.0667 e. The Morgan fingerprint density at radius 3 is 2.57 bits per heavy atom. The first-order valence-electron chi connectivity index (χ1n) is 5.64. The maximum atomic E-state index is 9.34. The van der Waals surface area contributed by atoms with Crippen LogP contribution in [0.3, 0.4) is 0 Å². The summed E-state index contributed by atoms with van der Waals surface area (Å²) in [5.74, 6) is 0.752. The SMILES string of the molecule is COC(C)CNCC1CCC(O)CC1. The van der Waals surface area contributed by atoms with Crippen LogP contribution in [0.5, 0.6) is 0 Å². The molecule has 3 nitrogen and oxygen atoms in total. The quantitative estimate of drug-likeness (QED) is 0.701. The molecule has 1 aliphatic carbocycles. The van der Waals surface area contributed by atoms with Crippen molar-refractivity contribution in [1.82, 2.24) is 5.32 Å². The zero-order chi connectivity index (χ0) is 10.4. The van der Waals surface area contributed by atoms with Crippen LogP contribution in [0.25, 0.3) is 0 Å². The summed E-state index contributed by atoms with van der Waals surface area (Å²) in [4.78, 5) is 0. The molecule has 0 aliphatic heterocycles. The molecule has 84 valence electrons. The highest BCUT2D eigenvalue weighted by Crippen LogP contribution is 2.23. The molecule has 14 heavy (non-hydrogen) atoms. The first-order chi connectivity index (χ1) is 6.72. The van der Waals surface area contributed by atoms with Crippen LogP contribution in [0.4, 0.5) is 0 Å². The minimum absolute atomic E-state index is 0.0378. The molecule has 0 aromatic rings. The number of aliphatic hydroxyl groups is 1. The molecule has 1 aliphatic rings. The third-order valence-electron chi connectivity index (χ3n) is 3.08. The molecule has 0 spiro atoms. The highest BCUT2D eigenvalue weighted by atomic mass is 16.5. The van der Waals surface area contributed by atoms with Crippen molar-refractivity contribution in [3.8, 4) is 0 Å². The van der Waals surface area contributed by atoms with Gasteiger partial charge in [0.1, 0.15) is 0 Å². The first kappa shape index (κ1) is 12.0. The van der Waals surface area contributed by atoms with E-state index in [0.29, 0.717) is 6.10 Å². The fourth-order valence-corrected chi connectivity index (χ4v) is 1.92. The van der Waals surface area contributed by atoms with Gasteiger partial charge in [-0.05, 0) is 45.1 Å². The second-order valence-electron chi connectivity index (χ2n) is 4.38. The molecule has 0 radical (unpaired) electrons. The lowest BCUT2D eigenvalue weighted by atomic mass is 9.87. The Hall–Kier alpha value is -0.120. The molecular weight excluding hydrogens is 178 g/mol. The number of hydrogen-bond acceptors (Lipinski definition) is 3. The molecule has 1 saturated carbocycles. The molecule has 0 amide bonds. The molecule has 0 bridgehead atoms. The van der Waals surface area contributed by atoms with Crippen LogP contribution < -0.4 is 5.32 Å². The van der Waals surface area contributed by atoms with Gasteiger partial charge in [0, 0.05) is 13.7 Å². The van der Waals surface area contributed by atoms with Gasteiger partial charge in [0.15, 0.2) is 0 Å². The largest absolute Gasteiger partial charge is 0.393 e. The van der Waals surface area contributed by atoms with Crippen molar-refractivity contribution in [3.05, 3.63) is 0 Å². The smallest absolute Gasteiger partial charge is 0.0667 e. The lowest BCUT2D eigenvalue weighted by Crippen LogP contribution is -2.32. The Bertz CT molecular complexity index is 144. The van der Waals surface area contributed by atoms with Crippen LogP contribution in [0, 0.1) is 5.92 Å². The van der Waals surface area contributed by atoms with Crippen LogP contribution in [0.15, 0.2) is 0 Å². The summed E-state index contributed by atoms with van der Waals surface area (Å²) in [5, 5.41) is 12.8. The maximum absolute atomic E-state index is 9.34. The van der Waals surface area contributed by atoms with Crippen LogP contribution in [0.2, 0.25) is 0 Å². The minimum atomic E-state index is -0.0378. The highest BCUT2D eigenvalue weighted by Gasteiger charge is 2.18. The van der Waals surface area contributed by atoms with Gasteiger partial charge in [-0.3, -0.25) is 0 Å². The number of ether oxygens (including phenoxy) is 1. The van der Waals surface area contributed by atoms with Crippen molar-refractivity contribution in [1.29, 1.82) is 0 Å². The van der Waals surface area contributed by atoms with Crippen LogP contribution >= 0.6 is 0 Å². The van der Waals surface area contributed by atoms with E-state index in [1.807, 2.05) is 0 Å². The van der Waals surface area contributed by atoms with E-state index in [0.717, 1.165) is 44.7 Å². The summed E-state index contributed by atoms with van der Waals surface area (Å²) in [6.45, 7) is 4.06. The molecule has 1 unspecified atom stereocenters. The van der Waals surface area contributed by atoms with Crippen molar-refractivity contribution in [2.24, 2.45) is 5.92 Å². The third kappa shape index (κ3) is 4.40. The van der Waals surface area contributed by atoms with Crippen molar-refractivity contribution < 1.29 is 9.84 Å². The lowest BCUT2D eigenvalue weighted by Gasteiger charge is -2.25. The van der Waals surface area contributed by atoms with Crippen LogP contribution in [0.1, 0.15) is 32.6 Å². The molecular formula is C11H23NO2. The summed E-state index contributed by atoms with van der Waals surface area (Å²) in [5.41, 5.74) is 0. The fraction of sp³-hybridized carbons (Fsp3) is 1.00. The average Bonchev–Trinajstić information content (AvgIpc) is 2.21. The number of methoxy groups -OCH3 is 1. The first-order valence-corrected chi connectivity index (χ1v) is 5.64. The Morgan fingerprint density at radius 1 is 1.36 bits per heavy atom. The zero-order valence-electron chi connectivity index (χ0n) is 9.33. The summed E-state index contributed by atoms with van der Waals surface area (Å²) in [7, 11) is 1.74. The number of hydrogen-bond donors (Lipinski definition) is 2. The van der Waals surface area contributed by atoms with Crippen molar-refractivity contribution >= 4 is 0 Å². The van der Waals surface area contributed by atoms with Crippen molar-refractivity contribution in [3.63, 3.8) is 0 Å². The summed E-state index contributed by atoms with van der Waals surface area (Å²) in [6, 6.07) is 0. The van der Waals surface area contributed by atoms with Gasteiger partial charge in [0.2, 0.25) is 0 Å². The predicted octanol–water partition coefficient (Wildman–Crippen LogP) is 1.16. The fourth-order valence-electron chi connectivity index (χ4n) is 1.92. The van der Waals surface area contributed by atoms with Gasteiger partial charge >= 0.3 is 0 Å². The van der Waals surface area contributed by atoms with E-state index in [9.17, 15) is 5.11 Å². The molecule has 3 heteroatoms. The Kier molecular flexibility index (Phi) is 5.45. The number of rotatable bonds is 5. The Labute approximate surface area is 86.8 Å². The molecule has 1 atom stereocenters. The average molecular weight is 201 g/mol. The standard InChI is InChI=1S/C11H23NO2/c1-9(14-2)7-12-8-10-3-5-11(13)6-4-10/h9-13H,3-8H2,1-2H3. The highest BCUT2D eigenvalue weighted by molar-refractivity contribution is 4.73. The van der Waals surface area contributed by atoms with Gasteiger partial charge in [0.25, 0.3) is 0 Å². The van der Waals surface area contributed by atoms with Gasteiger partial charge in [-0.1, -0.05) is 0 Å². The lowest BCUT2D eigenvalue weighted by molar-refractivity contribution is 0.1000. The number of nitrogens with one attached hydrogen (secondary N) is 1. The molecule has 0 aromatic heterocycles. The molecule has 1 fully saturated rings. The van der Waals surface area contributed by atoms with E-state index in [-0.39, 0.29) is 6.10 Å². The topological polar surface area (TPSA) is 41.5 Å². The summed E-state index contributed by atoms with van der Waals surface area (Å²) >= 11 is 0. The van der Waals surface area contributed by atoms with E-state index in [2.05, 4.69) is 12.2 Å². The molecule has 0 heterocycles. The Balaban J connectivity index is 2.02. The van der Waals surface area contributed by atoms with Gasteiger partial charge in [0.05, 0.1) is 12.2 Å². The number of aliphatic hydroxyl groups excluding tert-OH is 1. The van der Waals surface area contributed by atoms with Gasteiger partial charge < -0.3 is 15.2 Å². The van der Waals surface area contributed by atoms with Gasteiger partial charge in [-0.25, -0.2) is 0 Å². The molecule has 0 saturated heterocycles. The van der Waals surface area contributed by atoms with E-state index < -0.39 is 0 Å². The van der Waals surface area contributed by atoms with Crippen molar-refractivity contribution in [2.45, 2.75) is 44.8 Å². The second-order valence-corrected chi connectivity index (χ2v) is 4.38. The second kappa shape index (κ2) is 6.38. The van der Waals surface area contributed by atoms with Crippen molar-refractivity contribution in [2.75, 3.05) is 20.2 Å². The van der Waals surface area contributed by atoms with Crippen LogP contribution in [-0.2, 0) is 4.74 Å². The molecule has 2 N–H and O–H groups in total. The predicted molar refractivity (Wildman–Crippen MR) is 57.3 cm³/mol. The van der Waals surface area contributed by atoms with E-state index in [1.54, 1.807) is 7.11 Å². The van der Waals surface area contributed by atoms with Gasteiger partial charge in [-0.2, -0.15) is 0 Å². The minimum Gasteiger partial charge on any atom is -0.393 e. The Morgan fingerprint density at radius 2 is 2.00 bits per heavy atom. The van der Waals surface area contributed by atoms with Crippen LogP contribution in [-0.4, -0.2) is 37.5 Å². The van der Waals surface area contributed by atoms with E-state index >= 15 is 0 Å².